The van der Waals surface area contributed by atoms with Gasteiger partial charge < -0.3 is 10.6 Å². The number of nitrogens with one attached hydrogen (secondary N) is 2. The lowest BCUT2D eigenvalue weighted by molar-refractivity contribution is -0.139. The van der Waals surface area contributed by atoms with Crippen molar-refractivity contribution in [3.8, 4) is 0 Å². The molecule has 1 aromatic rings. The van der Waals surface area contributed by atoms with Crippen LogP contribution >= 0.6 is 0 Å². The first-order chi connectivity index (χ1) is 7.65. The van der Waals surface area contributed by atoms with Crippen molar-refractivity contribution in [3.63, 3.8) is 0 Å². The Balaban J connectivity index is 2.55. The molecule has 0 saturated carbocycles. The molecule has 0 heterocycles. The van der Waals surface area contributed by atoms with Crippen LogP contribution < -0.4 is 10.6 Å². The van der Waals surface area contributed by atoms with Gasteiger partial charge >= 0.3 is 11.8 Å². The van der Waals surface area contributed by atoms with E-state index in [9.17, 15) is 9.59 Å². The highest BCUT2D eigenvalue weighted by Crippen LogP contribution is 2.10. The van der Waals surface area contributed by atoms with Crippen LogP contribution in [0.25, 0.3) is 0 Å². The van der Waals surface area contributed by atoms with E-state index in [4.69, 9.17) is 0 Å². The van der Waals surface area contributed by atoms with Gasteiger partial charge in [0.15, 0.2) is 0 Å². The van der Waals surface area contributed by atoms with Crippen LogP contribution in [0.4, 0.5) is 0 Å². The van der Waals surface area contributed by atoms with E-state index in [1.54, 1.807) is 6.92 Å². The quantitative estimate of drug-likeness (QED) is 0.747. The minimum absolute atomic E-state index is 0.170. The van der Waals surface area contributed by atoms with Crippen molar-refractivity contribution in [2.75, 3.05) is 6.54 Å². The molecule has 0 saturated heterocycles. The maximum absolute atomic E-state index is 11.4. The first-order valence-corrected chi connectivity index (χ1v) is 5.28. The second-order valence-corrected chi connectivity index (χ2v) is 3.47. The molecule has 0 spiro atoms. The fraction of sp³-hybridized carbons (Fsp3) is 0.333. The second-order valence-electron chi connectivity index (χ2n) is 3.47. The summed E-state index contributed by atoms with van der Waals surface area (Å²) in [4.78, 5) is 22.6. The molecule has 4 heteroatoms. The molecule has 0 radical (unpaired) electrons. The molecule has 0 aliphatic rings. The Hall–Kier alpha value is -1.84. The van der Waals surface area contributed by atoms with Crippen molar-refractivity contribution >= 4 is 11.8 Å². The van der Waals surface area contributed by atoms with Gasteiger partial charge in [0.1, 0.15) is 0 Å². The summed E-state index contributed by atoms with van der Waals surface area (Å²) in [5, 5.41) is 5.08. The molecule has 86 valence electrons. The molecule has 0 aliphatic carbocycles. The van der Waals surface area contributed by atoms with Gasteiger partial charge in [0, 0.05) is 6.54 Å². The van der Waals surface area contributed by atoms with Crippen LogP contribution in [-0.4, -0.2) is 18.4 Å². The van der Waals surface area contributed by atoms with Gasteiger partial charge in [-0.1, -0.05) is 30.3 Å². The highest BCUT2D eigenvalue weighted by Gasteiger charge is 2.15. The molecule has 0 aliphatic heterocycles. The molecular weight excluding hydrogens is 204 g/mol. The summed E-state index contributed by atoms with van der Waals surface area (Å²) in [5.74, 6) is -1.19. The molecule has 1 atom stereocenters. The summed E-state index contributed by atoms with van der Waals surface area (Å²) in [6, 6.07) is 9.33. The lowest BCUT2D eigenvalue weighted by Gasteiger charge is -2.13. The van der Waals surface area contributed by atoms with Gasteiger partial charge in [-0.15, -0.1) is 0 Å². The van der Waals surface area contributed by atoms with Crippen LogP contribution in [-0.2, 0) is 9.59 Å². The summed E-state index contributed by atoms with van der Waals surface area (Å²) in [6.45, 7) is 4.06. The van der Waals surface area contributed by atoms with Gasteiger partial charge in [0.25, 0.3) is 0 Å². The standard InChI is InChI=1S/C12H16N2O2/c1-3-13-11(15)12(16)14-9(2)10-7-5-4-6-8-10/h4-9H,3H2,1-2H3,(H,13,15)(H,14,16)/t9-/m1/s1. The maximum atomic E-state index is 11.4. The molecule has 2 amide bonds. The lowest BCUT2D eigenvalue weighted by Crippen LogP contribution is -2.40. The molecule has 16 heavy (non-hydrogen) atoms. The Kier molecular flexibility index (Phi) is 4.51. The van der Waals surface area contributed by atoms with Crippen molar-refractivity contribution in [1.82, 2.24) is 10.6 Å². The molecule has 0 unspecified atom stereocenters. The average molecular weight is 220 g/mol. The number of carbonyl (C=O) groups is 2. The highest BCUT2D eigenvalue weighted by atomic mass is 16.2. The van der Waals surface area contributed by atoms with Crippen molar-refractivity contribution in [2.24, 2.45) is 0 Å². The van der Waals surface area contributed by atoms with Crippen LogP contribution in [0.1, 0.15) is 25.5 Å². The largest absolute Gasteiger partial charge is 0.348 e. The van der Waals surface area contributed by atoms with Gasteiger partial charge in [-0.05, 0) is 19.4 Å². The number of hydrogen-bond donors (Lipinski definition) is 2. The third kappa shape index (κ3) is 3.38. The zero-order valence-corrected chi connectivity index (χ0v) is 9.49. The average Bonchev–Trinajstić information content (AvgIpc) is 2.30. The third-order valence-corrected chi connectivity index (χ3v) is 2.19. The van der Waals surface area contributed by atoms with E-state index in [0.29, 0.717) is 6.54 Å². The van der Waals surface area contributed by atoms with E-state index >= 15 is 0 Å². The van der Waals surface area contributed by atoms with Gasteiger partial charge in [-0.2, -0.15) is 0 Å². The van der Waals surface area contributed by atoms with Crippen molar-refractivity contribution < 1.29 is 9.59 Å². The zero-order valence-electron chi connectivity index (χ0n) is 9.49. The van der Waals surface area contributed by atoms with E-state index in [2.05, 4.69) is 10.6 Å². The number of likely N-dealkylation sites (N-methyl/N-ethyl adjacent to an activating group) is 1. The normalized spacial score (nSPS) is 11.6. The van der Waals surface area contributed by atoms with E-state index in [0.717, 1.165) is 5.56 Å². The third-order valence-electron chi connectivity index (χ3n) is 2.19. The number of hydrogen-bond acceptors (Lipinski definition) is 2. The maximum Gasteiger partial charge on any atom is 0.309 e. The van der Waals surface area contributed by atoms with E-state index in [-0.39, 0.29) is 6.04 Å². The van der Waals surface area contributed by atoms with Crippen LogP contribution in [0.3, 0.4) is 0 Å². The fourth-order valence-corrected chi connectivity index (χ4v) is 1.33. The van der Waals surface area contributed by atoms with Gasteiger partial charge in [0.05, 0.1) is 6.04 Å². The molecule has 0 aromatic heterocycles. The molecule has 4 nitrogen and oxygen atoms in total. The Morgan fingerprint density at radius 2 is 1.81 bits per heavy atom. The van der Waals surface area contributed by atoms with Crippen LogP contribution in [0.5, 0.6) is 0 Å². The van der Waals surface area contributed by atoms with Crippen molar-refractivity contribution in [3.05, 3.63) is 35.9 Å². The van der Waals surface area contributed by atoms with Gasteiger partial charge in [-0.25, -0.2) is 0 Å². The van der Waals surface area contributed by atoms with Crippen LogP contribution in [0, 0.1) is 0 Å². The highest BCUT2D eigenvalue weighted by molar-refractivity contribution is 6.35. The Labute approximate surface area is 95.0 Å². The van der Waals surface area contributed by atoms with E-state index < -0.39 is 11.8 Å². The summed E-state index contributed by atoms with van der Waals surface area (Å²) >= 11 is 0. The Morgan fingerprint density at radius 3 is 2.38 bits per heavy atom. The first-order valence-electron chi connectivity index (χ1n) is 5.28. The van der Waals surface area contributed by atoms with E-state index in [1.165, 1.54) is 0 Å². The van der Waals surface area contributed by atoms with Crippen LogP contribution in [0.2, 0.25) is 0 Å². The van der Waals surface area contributed by atoms with Crippen molar-refractivity contribution in [1.29, 1.82) is 0 Å². The summed E-state index contributed by atoms with van der Waals surface area (Å²) < 4.78 is 0. The Bertz CT molecular complexity index is 363. The smallest absolute Gasteiger partial charge is 0.309 e. The number of amides is 2. The molecule has 2 N–H and O–H groups in total. The van der Waals surface area contributed by atoms with Gasteiger partial charge in [-0.3, -0.25) is 9.59 Å². The van der Waals surface area contributed by atoms with E-state index in [1.807, 2.05) is 37.3 Å². The first kappa shape index (κ1) is 12.2. The summed E-state index contributed by atoms with van der Waals surface area (Å²) in [6.07, 6.45) is 0. The van der Waals surface area contributed by atoms with Crippen molar-refractivity contribution in [2.45, 2.75) is 19.9 Å². The lowest BCUT2D eigenvalue weighted by atomic mass is 10.1. The molecule has 1 aromatic carbocycles. The predicted molar refractivity (Wildman–Crippen MR) is 61.7 cm³/mol. The monoisotopic (exact) mass is 220 g/mol. The topological polar surface area (TPSA) is 58.2 Å². The van der Waals surface area contributed by atoms with Crippen LogP contribution in [0.15, 0.2) is 30.3 Å². The predicted octanol–water partition coefficient (Wildman–Crippen LogP) is 1.000. The zero-order chi connectivity index (χ0) is 12.0. The summed E-state index contributed by atoms with van der Waals surface area (Å²) in [7, 11) is 0. The molecular formula is C12H16N2O2. The minimum Gasteiger partial charge on any atom is -0.348 e. The Morgan fingerprint density at radius 1 is 1.19 bits per heavy atom. The minimum atomic E-state index is -0.599. The van der Waals surface area contributed by atoms with Gasteiger partial charge in [0.2, 0.25) is 0 Å². The number of carbonyl (C=O) groups excluding carboxylic acids is 2. The molecule has 0 bridgehead atoms. The number of rotatable bonds is 3. The molecule has 1 rings (SSSR count). The number of benzene rings is 1. The summed E-state index contributed by atoms with van der Waals surface area (Å²) in [5.41, 5.74) is 0.972. The SMILES string of the molecule is CCNC(=O)C(=O)N[C@H](C)c1ccccc1. The fourth-order valence-electron chi connectivity index (χ4n) is 1.33. The second kappa shape index (κ2) is 5.90. The molecule has 0 fully saturated rings.